The van der Waals surface area contributed by atoms with Crippen LogP contribution in [-0.2, 0) is 0 Å². The lowest BCUT2D eigenvalue weighted by Gasteiger charge is -2.41. The fourth-order valence-corrected chi connectivity index (χ4v) is 6.30. The Kier molecular flexibility index (Phi) is 2.44. The van der Waals surface area contributed by atoms with Gasteiger partial charge in [-0.05, 0) is 75.7 Å². The largest absolute Gasteiger partial charge is 0.458 e. The van der Waals surface area contributed by atoms with E-state index in [-0.39, 0.29) is 6.71 Å². The molecular weight excluding hydrogens is 393 g/mol. The highest BCUT2D eigenvalue weighted by atomic mass is 16.5. The van der Waals surface area contributed by atoms with E-state index in [0.29, 0.717) is 0 Å². The molecule has 0 saturated heterocycles. The predicted octanol–water partition coefficient (Wildman–Crippen LogP) is 5.46. The summed E-state index contributed by atoms with van der Waals surface area (Å²) in [7, 11) is 0. The SMILES string of the molecule is c1ccc(N2c3cccc4c3B3c5c(ccc6ccc7oc8ccc2c3c8c7c56)O4)cc1. The van der Waals surface area contributed by atoms with Gasteiger partial charge < -0.3 is 14.1 Å². The molecule has 146 valence electrons. The Morgan fingerprint density at radius 1 is 0.562 bits per heavy atom. The van der Waals surface area contributed by atoms with Crippen molar-refractivity contribution < 1.29 is 9.15 Å². The van der Waals surface area contributed by atoms with Gasteiger partial charge in [-0.3, -0.25) is 0 Å². The third kappa shape index (κ3) is 1.57. The molecular formula is C28H14BNO2. The number of ether oxygens (including phenoxy) is 1. The van der Waals surface area contributed by atoms with Crippen molar-refractivity contribution in [1.29, 1.82) is 0 Å². The van der Waals surface area contributed by atoms with Crippen molar-refractivity contribution in [1.82, 2.24) is 0 Å². The molecule has 0 saturated carbocycles. The van der Waals surface area contributed by atoms with Gasteiger partial charge in [0.05, 0.1) is 0 Å². The molecule has 0 spiro atoms. The lowest BCUT2D eigenvalue weighted by Crippen LogP contribution is -2.60. The molecule has 6 aromatic rings. The molecule has 0 aliphatic carbocycles. The van der Waals surface area contributed by atoms with Crippen LogP contribution in [-0.4, -0.2) is 6.71 Å². The number of para-hydroxylation sites is 1. The minimum atomic E-state index is 0.142. The van der Waals surface area contributed by atoms with Crippen molar-refractivity contribution in [2.45, 2.75) is 0 Å². The molecule has 3 nitrogen and oxygen atoms in total. The molecule has 4 heteroatoms. The third-order valence-corrected chi connectivity index (χ3v) is 7.43. The van der Waals surface area contributed by atoms with Crippen LogP contribution in [0.3, 0.4) is 0 Å². The van der Waals surface area contributed by atoms with Crippen molar-refractivity contribution in [2.24, 2.45) is 0 Å². The molecule has 3 aliphatic rings. The first-order valence-electron chi connectivity index (χ1n) is 11.0. The van der Waals surface area contributed by atoms with Crippen LogP contribution < -0.4 is 26.0 Å². The Hall–Kier alpha value is -4.18. The highest BCUT2D eigenvalue weighted by molar-refractivity contribution is 7.03. The Morgan fingerprint density at radius 2 is 1.34 bits per heavy atom. The van der Waals surface area contributed by atoms with Crippen molar-refractivity contribution >= 4 is 72.9 Å². The van der Waals surface area contributed by atoms with E-state index in [1.807, 2.05) is 0 Å². The van der Waals surface area contributed by atoms with Gasteiger partial charge in [0.1, 0.15) is 22.7 Å². The smallest absolute Gasteiger partial charge is 0.258 e. The van der Waals surface area contributed by atoms with Gasteiger partial charge in [0.25, 0.3) is 6.71 Å². The molecule has 0 radical (unpaired) electrons. The number of hydrogen-bond donors (Lipinski definition) is 0. The Labute approximate surface area is 183 Å². The van der Waals surface area contributed by atoms with Crippen molar-refractivity contribution in [3.8, 4) is 11.5 Å². The quantitative estimate of drug-likeness (QED) is 0.338. The van der Waals surface area contributed by atoms with Gasteiger partial charge in [-0.1, -0.05) is 36.4 Å². The van der Waals surface area contributed by atoms with Crippen LogP contribution in [0.5, 0.6) is 11.5 Å². The summed E-state index contributed by atoms with van der Waals surface area (Å²) in [5, 5.41) is 5.00. The monoisotopic (exact) mass is 407 g/mol. The van der Waals surface area contributed by atoms with Crippen LogP contribution in [0.2, 0.25) is 0 Å². The van der Waals surface area contributed by atoms with E-state index in [2.05, 4.69) is 89.8 Å². The minimum Gasteiger partial charge on any atom is -0.458 e. The summed E-state index contributed by atoms with van der Waals surface area (Å²) in [4.78, 5) is 2.38. The van der Waals surface area contributed by atoms with Gasteiger partial charge in [0.15, 0.2) is 0 Å². The molecule has 0 atom stereocenters. The van der Waals surface area contributed by atoms with E-state index < -0.39 is 0 Å². The zero-order valence-electron chi connectivity index (χ0n) is 16.9. The maximum absolute atomic E-state index is 6.54. The summed E-state index contributed by atoms with van der Waals surface area (Å²) in [6, 6.07) is 30.0. The zero-order chi connectivity index (χ0) is 20.6. The van der Waals surface area contributed by atoms with E-state index in [1.165, 1.54) is 49.3 Å². The lowest BCUT2D eigenvalue weighted by molar-refractivity contribution is 0.488. The van der Waals surface area contributed by atoms with Gasteiger partial charge >= 0.3 is 0 Å². The number of anilines is 3. The Morgan fingerprint density at radius 3 is 2.28 bits per heavy atom. The molecule has 0 unspecified atom stereocenters. The normalized spacial score (nSPS) is 14.4. The average molecular weight is 407 g/mol. The van der Waals surface area contributed by atoms with E-state index in [0.717, 1.165) is 28.4 Å². The molecule has 1 aromatic heterocycles. The molecule has 0 N–H and O–H groups in total. The molecule has 4 heterocycles. The maximum Gasteiger partial charge on any atom is 0.258 e. The van der Waals surface area contributed by atoms with Gasteiger partial charge in [0, 0.05) is 27.8 Å². The van der Waals surface area contributed by atoms with E-state index in [9.17, 15) is 0 Å². The Balaban J connectivity index is 1.58. The highest BCUT2D eigenvalue weighted by Gasteiger charge is 2.46. The summed E-state index contributed by atoms with van der Waals surface area (Å²) in [6.45, 7) is 0.142. The summed E-state index contributed by atoms with van der Waals surface area (Å²) in [5.74, 6) is 1.91. The number of rotatable bonds is 1. The fraction of sp³-hybridized carbons (Fsp3) is 0. The molecule has 0 bridgehead atoms. The minimum absolute atomic E-state index is 0.142. The zero-order valence-corrected chi connectivity index (χ0v) is 16.9. The van der Waals surface area contributed by atoms with Gasteiger partial charge in [-0.25, -0.2) is 0 Å². The number of nitrogens with zero attached hydrogens (tertiary/aromatic N) is 1. The summed E-state index contributed by atoms with van der Waals surface area (Å²) in [6.07, 6.45) is 0. The first-order chi connectivity index (χ1) is 15.9. The second-order valence-corrected chi connectivity index (χ2v) is 8.88. The van der Waals surface area contributed by atoms with Crippen molar-refractivity contribution in [2.75, 3.05) is 4.90 Å². The number of hydrogen-bond acceptors (Lipinski definition) is 3. The van der Waals surface area contributed by atoms with Crippen LogP contribution in [0.1, 0.15) is 0 Å². The second-order valence-electron chi connectivity index (χ2n) is 8.88. The summed E-state index contributed by atoms with van der Waals surface area (Å²) in [5.41, 5.74) is 9.33. The molecule has 3 aliphatic heterocycles. The fourth-order valence-electron chi connectivity index (χ4n) is 6.30. The highest BCUT2D eigenvalue weighted by Crippen LogP contribution is 2.47. The molecule has 9 rings (SSSR count). The Bertz CT molecular complexity index is 1820. The van der Waals surface area contributed by atoms with Crippen LogP contribution >= 0.6 is 0 Å². The first-order valence-corrected chi connectivity index (χ1v) is 11.0. The lowest BCUT2D eigenvalue weighted by atomic mass is 9.32. The molecule has 5 aromatic carbocycles. The standard InChI is InChI=1S/C28H14BNO2/c1-2-5-16(6-3-1)30-17-7-4-8-21-26(17)29-27-18(30)11-14-20-25(27)24-19(31-20)12-9-15-10-13-22(32-21)28(29)23(15)24/h1-14H. The topological polar surface area (TPSA) is 25.6 Å². The van der Waals surface area contributed by atoms with Gasteiger partial charge in [-0.15, -0.1) is 0 Å². The maximum atomic E-state index is 6.54. The average Bonchev–Trinajstić information content (AvgIpc) is 3.23. The van der Waals surface area contributed by atoms with Crippen molar-refractivity contribution in [3.63, 3.8) is 0 Å². The third-order valence-electron chi connectivity index (χ3n) is 7.43. The number of benzene rings is 5. The van der Waals surface area contributed by atoms with Crippen LogP contribution in [0.25, 0.3) is 32.7 Å². The van der Waals surface area contributed by atoms with Gasteiger partial charge in [0.2, 0.25) is 0 Å². The van der Waals surface area contributed by atoms with Crippen molar-refractivity contribution in [3.05, 3.63) is 84.9 Å². The predicted molar refractivity (Wildman–Crippen MR) is 131 cm³/mol. The number of furan rings is 1. The summed E-state index contributed by atoms with van der Waals surface area (Å²) < 4.78 is 12.9. The van der Waals surface area contributed by atoms with Crippen LogP contribution in [0, 0.1) is 0 Å². The van der Waals surface area contributed by atoms with Crippen LogP contribution in [0.4, 0.5) is 17.1 Å². The molecule has 0 amide bonds. The molecule has 0 fully saturated rings. The molecule has 32 heavy (non-hydrogen) atoms. The van der Waals surface area contributed by atoms with Crippen LogP contribution in [0.15, 0.2) is 89.3 Å². The second kappa shape index (κ2) is 5.00. The van der Waals surface area contributed by atoms with E-state index in [4.69, 9.17) is 9.15 Å². The summed E-state index contributed by atoms with van der Waals surface area (Å²) >= 11 is 0. The van der Waals surface area contributed by atoms with E-state index in [1.54, 1.807) is 0 Å². The first kappa shape index (κ1) is 15.6. The van der Waals surface area contributed by atoms with Gasteiger partial charge in [-0.2, -0.15) is 0 Å². The van der Waals surface area contributed by atoms with E-state index >= 15 is 0 Å².